The zero-order valence-corrected chi connectivity index (χ0v) is 9.95. The Balaban J connectivity index is 2.72. The van der Waals surface area contributed by atoms with E-state index in [1.807, 2.05) is 6.92 Å². The van der Waals surface area contributed by atoms with Crippen molar-refractivity contribution in [3.05, 3.63) is 0 Å². The van der Waals surface area contributed by atoms with E-state index in [2.05, 4.69) is 5.32 Å². The van der Waals surface area contributed by atoms with Gasteiger partial charge in [0.15, 0.2) is 0 Å². The molecule has 1 aliphatic rings. The fraction of sp³-hybridized carbons (Fsp3) is 0.818. The maximum absolute atomic E-state index is 11.7. The molecule has 0 bridgehead atoms. The molecule has 0 aliphatic carbocycles. The van der Waals surface area contributed by atoms with Crippen molar-refractivity contribution in [3.8, 4) is 0 Å². The summed E-state index contributed by atoms with van der Waals surface area (Å²) >= 11 is 0. The summed E-state index contributed by atoms with van der Waals surface area (Å²) in [6.07, 6.45) is 2.02. The van der Waals surface area contributed by atoms with Gasteiger partial charge >= 0.3 is 5.97 Å². The zero-order chi connectivity index (χ0) is 12.2. The third kappa shape index (κ3) is 2.52. The monoisotopic (exact) mass is 228 g/mol. The number of likely N-dealkylation sites (N-methyl/N-ethyl adjacent to an activating group) is 1. The van der Waals surface area contributed by atoms with Crippen molar-refractivity contribution in [1.82, 2.24) is 10.2 Å². The molecule has 1 aliphatic heterocycles. The van der Waals surface area contributed by atoms with Crippen LogP contribution in [0.3, 0.4) is 0 Å². The second kappa shape index (κ2) is 5.30. The highest BCUT2D eigenvalue weighted by Crippen LogP contribution is 2.33. The lowest BCUT2D eigenvalue weighted by molar-refractivity contribution is -0.155. The van der Waals surface area contributed by atoms with Gasteiger partial charge in [0, 0.05) is 13.1 Å². The third-order valence-corrected chi connectivity index (χ3v) is 3.39. The first-order chi connectivity index (χ1) is 7.55. The van der Waals surface area contributed by atoms with Gasteiger partial charge in [-0.25, -0.2) is 0 Å². The highest BCUT2D eigenvalue weighted by molar-refractivity contribution is 5.81. The van der Waals surface area contributed by atoms with Gasteiger partial charge in [-0.2, -0.15) is 0 Å². The summed E-state index contributed by atoms with van der Waals surface area (Å²) in [5, 5.41) is 12.1. The molecule has 0 spiro atoms. The highest BCUT2D eigenvalue weighted by atomic mass is 16.4. The number of piperidine rings is 1. The Kier molecular flexibility index (Phi) is 4.29. The largest absolute Gasteiger partial charge is 0.481 e. The molecule has 1 rings (SSSR count). The van der Waals surface area contributed by atoms with Crippen LogP contribution in [0.4, 0.5) is 0 Å². The Morgan fingerprint density at radius 1 is 1.50 bits per heavy atom. The van der Waals surface area contributed by atoms with Crippen molar-refractivity contribution < 1.29 is 14.7 Å². The van der Waals surface area contributed by atoms with Gasteiger partial charge in [-0.15, -0.1) is 0 Å². The van der Waals surface area contributed by atoms with Crippen LogP contribution in [-0.2, 0) is 9.59 Å². The number of hydrogen-bond donors (Lipinski definition) is 2. The number of likely N-dealkylation sites (tertiary alicyclic amines) is 1. The van der Waals surface area contributed by atoms with Crippen molar-refractivity contribution in [3.63, 3.8) is 0 Å². The van der Waals surface area contributed by atoms with Crippen LogP contribution < -0.4 is 5.32 Å². The average molecular weight is 228 g/mol. The molecule has 0 aromatic carbocycles. The van der Waals surface area contributed by atoms with Gasteiger partial charge in [0.2, 0.25) is 5.91 Å². The van der Waals surface area contributed by atoms with Gasteiger partial charge in [-0.05, 0) is 26.3 Å². The minimum atomic E-state index is -0.781. The molecule has 1 heterocycles. The van der Waals surface area contributed by atoms with Crippen LogP contribution >= 0.6 is 0 Å². The van der Waals surface area contributed by atoms with E-state index < -0.39 is 11.4 Å². The summed E-state index contributed by atoms with van der Waals surface area (Å²) in [5.41, 5.74) is -0.734. The maximum Gasteiger partial charge on any atom is 0.311 e. The number of amides is 1. The number of carboxylic acid groups (broad SMARTS) is 1. The number of nitrogens with zero attached hydrogens (tertiary/aromatic N) is 1. The van der Waals surface area contributed by atoms with E-state index in [1.165, 1.54) is 0 Å². The number of carbonyl (C=O) groups excluding carboxylic acids is 1. The van der Waals surface area contributed by atoms with Crippen LogP contribution in [0.2, 0.25) is 0 Å². The number of nitrogens with one attached hydrogen (secondary N) is 1. The van der Waals surface area contributed by atoms with E-state index in [0.717, 1.165) is 6.42 Å². The van der Waals surface area contributed by atoms with E-state index in [4.69, 9.17) is 0 Å². The summed E-state index contributed by atoms with van der Waals surface area (Å²) in [6, 6.07) is 0. The molecule has 5 nitrogen and oxygen atoms in total. The second-order valence-electron chi connectivity index (χ2n) is 4.39. The Labute approximate surface area is 95.8 Å². The molecular weight excluding hydrogens is 208 g/mol. The van der Waals surface area contributed by atoms with Gasteiger partial charge in [-0.3, -0.25) is 9.59 Å². The summed E-state index contributed by atoms with van der Waals surface area (Å²) in [6.45, 7) is 3.18. The lowest BCUT2D eigenvalue weighted by atomic mass is 9.77. The van der Waals surface area contributed by atoms with Crippen molar-refractivity contribution in [2.45, 2.75) is 26.2 Å². The molecule has 0 saturated carbocycles. The van der Waals surface area contributed by atoms with Crippen LogP contribution in [0.5, 0.6) is 0 Å². The zero-order valence-electron chi connectivity index (χ0n) is 9.95. The maximum atomic E-state index is 11.7. The highest BCUT2D eigenvalue weighted by Gasteiger charge is 2.41. The molecular formula is C11H20N2O3. The molecule has 0 radical (unpaired) electrons. The second-order valence-corrected chi connectivity index (χ2v) is 4.39. The van der Waals surface area contributed by atoms with Gasteiger partial charge in [0.1, 0.15) is 0 Å². The Morgan fingerprint density at radius 3 is 2.69 bits per heavy atom. The molecule has 1 fully saturated rings. The number of aliphatic carboxylic acids is 1. The predicted octanol–water partition coefficient (Wildman–Crippen LogP) is 0.309. The first-order valence-electron chi connectivity index (χ1n) is 5.71. The van der Waals surface area contributed by atoms with E-state index in [0.29, 0.717) is 25.9 Å². The van der Waals surface area contributed by atoms with Gasteiger partial charge in [-0.1, -0.05) is 6.92 Å². The summed E-state index contributed by atoms with van der Waals surface area (Å²) < 4.78 is 0. The van der Waals surface area contributed by atoms with Gasteiger partial charge in [0.05, 0.1) is 12.0 Å². The lowest BCUT2D eigenvalue weighted by Crippen LogP contribution is -2.51. The Bertz CT molecular complexity index is 280. The number of carboxylic acids is 1. The van der Waals surface area contributed by atoms with Crippen molar-refractivity contribution in [2.24, 2.45) is 5.41 Å². The Hall–Kier alpha value is -1.10. The van der Waals surface area contributed by atoms with Crippen molar-refractivity contribution >= 4 is 11.9 Å². The summed E-state index contributed by atoms with van der Waals surface area (Å²) in [7, 11) is 1.71. The van der Waals surface area contributed by atoms with Crippen LogP contribution in [0.1, 0.15) is 26.2 Å². The van der Waals surface area contributed by atoms with Gasteiger partial charge in [0.25, 0.3) is 0 Å². The normalized spacial score (nSPS) is 25.5. The smallest absolute Gasteiger partial charge is 0.311 e. The first-order valence-corrected chi connectivity index (χ1v) is 5.71. The minimum Gasteiger partial charge on any atom is -0.481 e. The van der Waals surface area contributed by atoms with Gasteiger partial charge < -0.3 is 15.3 Å². The molecule has 92 valence electrons. The fourth-order valence-electron chi connectivity index (χ4n) is 2.22. The van der Waals surface area contributed by atoms with E-state index in [9.17, 15) is 14.7 Å². The molecule has 16 heavy (non-hydrogen) atoms. The van der Waals surface area contributed by atoms with E-state index in [1.54, 1.807) is 11.9 Å². The van der Waals surface area contributed by atoms with Crippen molar-refractivity contribution in [1.29, 1.82) is 0 Å². The molecule has 5 heteroatoms. The van der Waals surface area contributed by atoms with E-state index >= 15 is 0 Å². The number of carbonyl (C=O) groups is 2. The van der Waals surface area contributed by atoms with Crippen LogP contribution in [-0.4, -0.2) is 48.6 Å². The molecule has 1 atom stereocenters. The SMILES string of the molecule is CCC1(C(=O)O)CCCN(C(=O)CNC)C1. The van der Waals surface area contributed by atoms with Crippen LogP contribution in [0.25, 0.3) is 0 Å². The molecule has 1 saturated heterocycles. The quantitative estimate of drug-likeness (QED) is 0.726. The number of hydrogen-bond acceptors (Lipinski definition) is 3. The number of rotatable bonds is 4. The lowest BCUT2D eigenvalue weighted by Gasteiger charge is -2.39. The summed E-state index contributed by atoms with van der Waals surface area (Å²) in [5.74, 6) is -0.793. The first kappa shape index (κ1) is 13.0. The van der Waals surface area contributed by atoms with E-state index in [-0.39, 0.29) is 12.5 Å². The molecule has 0 aromatic rings. The average Bonchev–Trinajstić information content (AvgIpc) is 2.29. The standard InChI is InChI=1S/C11H20N2O3/c1-3-11(10(15)16)5-4-6-13(8-11)9(14)7-12-2/h12H,3-8H2,1-2H3,(H,15,16). The Morgan fingerprint density at radius 2 is 2.19 bits per heavy atom. The fourth-order valence-corrected chi connectivity index (χ4v) is 2.22. The molecule has 0 aromatic heterocycles. The van der Waals surface area contributed by atoms with Crippen LogP contribution in [0, 0.1) is 5.41 Å². The molecule has 1 unspecified atom stereocenters. The molecule has 2 N–H and O–H groups in total. The third-order valence-electron chi connectivity index (χ3n) is 3.39. The topological polar surface area (TPSA) is 69.6 Å². The predicted molar refractivity (Wildman–Crippen MR) is 60.1 cm³/mol. The minimum absolute atomic E-state index is 0.0127. The van der Waals surface area contributed by atoms with Crippen LogP contribution in [0.15, 0.2) is 0 Å². The summed E-state index contributed by atoms with van der Waals surface area (Å²) in [4.78, 5) is 24.6. The molecule has 1 amide bonds. The van der Waals surface area contributed by atoms with Crippen molar-refractivity contribution in [2.75, 3.05) is 26.7 Å².